The summed E-state index contributed by atoms with van der Waals surface area (Å²) in [6.07, 6.45) is 8.64. The standard InChI is InChI=1S/C12H26O3/c1-12(2,3)10-8-6-4-5-7-9-11-14-15-13/h13H,4-11H2,1-3H3. The molecule has 0 aromatic carbocycles. The van der Waals surface area contributed by atoms with Gasteiger partial charge in [0.2, 0.25) is 0 Å². The summed E-state index contributed by atoms with van der Waals surface area (Å²) in [4.78, 5) is 4.36. The van der Waals surface area contributed by atoms with Crippen LogP contribution < -0.4 is 0 Å². The Labute approximate surface area is 93.6 Å². The van der Waals surface area contributed by atoms with Crippen molar-refractivity contribution in [3.8, 4) is 0 Å². The lowest BCUT2D eigenvalue weighted by Crippen LogP contribution is -2.03. The van der Waals surface area contributed by atoms with E-state index in [1.165, 1.54) is 32.1 Å². The van der Waals surface area contributed by atoms with Gasteiger partial charge < -0.3 is 0 Å². The van der Waals surface area contributed by atoms with Crippen molar-refractivity contribution in [2.24, 2.45) is 5.41 Å². The molecule has 0 spiro atoms. The molecule has 3 heteroatoms. The van der Waals surface area contributed by atoms with Crippen LogP contribution in [0.15, 0.2) is 0 Å². The lowest BCUT2D eigenvalue weighted by Gasteiger charge is -2.17. The van der Waals surface area contributed by atoms with Gasteiger partial charge >= 0.3 is 0 Å². The summed E-state index contributed by atoms with van der Waals surface area (Å²) in [7, 11) is 0. The first-order chi connectivity index (χ1) is 7.06. The second-order valence-electron chi connectivity index (χ2n) is 5.33. The van der Waals surface area contributed by atoms with Gasteiger partial charge in [-0.05, 0) is 18.3 Å². The Bertz CT molecular complexity index is 129. The zero-order chi connectivity index (χ0) is 11.6. The molecule has 0 aliphatic carbocycles. The molecule has 3 nitrogen and oxygen atoms in total. The van der Waals surface area contributed by atoms with Gasteiger partial charge in [0.25, 0.3) is 0 Å². The summed E-state index contributed by atoms with van der Waals surface area (Å²) in [5.41, 5.74) is 0.478. The minimum Gasteiger partial charge on any atom is -0.221 e. The number of hydrogen-bond donors (Lipinski definition) is 1. The van der Waals surface area contributed by atoms with Crippen molar-refractivity contribution in [2.45, 2.75) is 65.7 Å². The Morgan fingerprint density at radius 1 is 0.867 bits per heavy atom. The van der Waals surface area contributed by atoms with E-state index < -0.39 is 0 Å². The molecule has 0 radical (unpaired) electrons. The molecule has 0 saturated carbocycles. The van der Waals surface area contributed by atoms with Gasteiger partial charge in [0.15, 0.2) is 0 Å². The topological polar surface area (TPSA) is 38.7 Å². The fourth-order valence-electron chi connectivity index (χ4n) is 1.56. The molecule has 0 aromatic rings. The number of rotatable bonds is 9. The van der Waals surface area contributed by atoms with E-state index in [0.29, 0.717) is 12.0 Å². The summed E-state index contributed by atoms with van der Waals surface area (Å²) in [6, 6.07) is 0. The normalized spacial score (nSPS) is 12.0. The van der Waals surface area contributed by atoms with Gasteiger partial charge in [-0.1, -0.05) is 57.9 Å². The van der Waals surface area contributed by atoms with E-state index in [4.69, 9.17) is 5.26 Å². The molecule has 0 bridgehead atoms. The van der Waals surface area contributed by atoms with Crippen LogP contribution in [0.25, 0.3) is 0 Å². The fourth-order valence-corrected chi connectivity index (χ4v) is 1.56. The fraction of sp³-hybridized carbons (Fsp3) is 1.00. The molecule has 0 atom stereocenters. The maximum Gasteiger partial charge on any atom is 0.0853 e. The quantitative estimate of drug-likeness (QED) is 0.358. The van der Waals surface area contributed by atoms with Crippen molar-refractivity contribution in [3.05, 3.63) is 0 Å². The lowest BCUT2D eigenvalue weighted by molar-refractivity contribution is -0.490. The third-order valence-electron chi connectivity index (χ3n) is 2.46. The molecule has 92 valence electrons. The molecule has 0 aromatic heterocycles. The zero-order valence-electron chi connectivity index (χ0n) is 10.4. The van der Waals surface area contributed by atoms with Crippen LogP contribution in [0.4, 0.5) is 0 Å². The molecule has 0 saturated heterocycles. The van der Waals surface area contributed by atoms with Gasteiger partial charge in [0.05, 0.1) is 6.61 Å². The first-order valence-electron chi connectivity index (χ1n) is 5.99. The van der Waals surface area contributed by atoms with Crippen LogP contribution in [0, 0.1) is 5.41 Å². The Morgan fingerprint density at radius 3 is 1.93 bits per heavy atom. The SMILES string of the molecule is CC(C)(C)CCCCCCCCOOO. The highest BCUT2D eigenvalue weighted by atomic mass is 17.5. The van der Waals surface area contributed by atoms with E-state index in [0.717, 1.165) is 12.8 Å². The Balaban J connectivity index is 2.99. The summed E-state index contributed by atoms with van der Waals surface area (Å²) in [5, 5.41) is 11.4. The molecule has 0 unspecified atom stereocenters. The lowest BCUT2D eigenvalue weighted by atomic mass is 9.89. The molecule has 0 amide bonds. The summed E-state index contributed by atoms with van der Waals surface area (Å²) in [6.45, 7) is 7.36. The zero-order valence-corrected chi connectivity index (χ0v) is 10.4. The van der Waals surface area contributed by atoms with Gasteiger partial charge in [-0.25, -0.2) is 10.1 Å². The second-order valence-corrected chi connectivity index (χ2v) is 5.33. The molecule has 0 fully saturated rings. The van der Waals surface area contributed by atoms with Crippen molar-refractivity contribution in [2.75, 3.05) is 6.61 Å². The van der Waals surface area contributed by atoms with E-state index in [9.17, 15) is 0 Å². The Kier molecular flexibility index (Phi) is 9.06. The molecular formula is C12H26O3. The van der Waals surface area contributed by atoms with E-state index in [1.807, 2.05) is 0 Å². The largest absolute Gasteiger partial charge is 0.221 e. The van der Waals surface area contributed by atoms with Gasteiger partial charge in [-0.2, -0.15) is 0 Å². The highest BCUT2D eigenvalue weighted by molar-refractivity contribution is 4.60. The summed E-state index contributed by atoms with van der Waals surface area (Å²) < 4.78 is 0. The highest BCUT2D eigenvalue weighted by Crippen LogP contribution is 2.22. The molecule has 0 aliphatic heterocycles. The monoisotopic (exact) mass is 218 g/mol. The van der Waals surface area contributed by atoms with E-state index in [1.54, 1.807) is 0 Å². The molecule has 0 rings (SSSR count). The van der Waals surface area contributed by atoms with Crippen molar-refractivity contribution < 1.29 is 15.2 Å². The minimum absolute atomic E-state index is 0.478. The van der Waals surface area contributed by atoms with Gasteiger partial charge in [-0.3, -0.25) is 0 Å². The molecule has 0 heterocycles. The van der Waals surface area contributed by atoms with Crippen LogP contribution in [0.5, 0.6) is 0 Å². The molecule has 0 aliphatic rings. The summed E-state index contributed by atoms with van der Waals surface area (Å²) >= 11 is 0. The van der Waals surface area contributed by atoms with Crippen LogP contribution in [0.2, 0.25) is 0 Å². The van der Waals surface area contributed by atoms with Crippen molar-refractivity contribution in [3.63, 3.8) is 0 Å². The average Bonchev–Trinajstić information content (AvgIpc) is 2.14. The summed E-state index contributed by atoms with van der Waals surface area (Å²) in [5.74, 6) is 0. The van der Waals surface area contributed by atoms with E-state index in [2.05, 4.69) is 30.7 Å². The molecular weight excluding hydrogens is 192 g/mol. The molecule has 15 heavy (non-hydrogen) atoms. The van der Waals surface area contributed by atoms with E-state index >= 15 is 0 Å². The third-order valence-corrected chi connectivity index (χ3v) is 2.46. The predicted octanol–water partition coefficient (Wildman–Crippen LogP) is 4.18. The van der Waals surface area contributed by atoms with Gasteiger partial charge in [0.1, 0.15) is 0 Å². The van der Waals surface area contributed by atoms with Crippen molar-refractivity contribution in [1.29, 1.82) is 0 Å². The van der Waals surface area contributed by atoms with Gasteiger partial charge in [0, 0.05) is 0 Å². The van der Waals surface area contributed by atoms with E-state index in [-0.39, 0.29) is 0 Å². The first kappa shape index (κ1) is 14.9. The smallest absolute Gasteiger partial charge is 0.0853 e. The minimum atomic E-state index is 0.478. The second kappa shape index (κ2) is 9.13. The van der Waals surface area contributed by atoms with Crippen LogP contribution >= 0.6 is 0 Å². The first-order valence-corrected chi connectivity index (χ1v) is 5.99. The number of unbranched alkanes of at least 4 members (excludes halogenated alkanes) is 5. The highest BCUT2D eigenvalue weighted by Gasteiger charge is 2.08. The van der Waals surface area contributed by atoms with Crippen LogP contribution in [0.3, 0.4) is 0 Å². The Hall–Kier alpha value is -0.120. The predicted molar refractivity (Wildman–Crippen MR) is 61.4 cm³/mol. The van der Waals surface area contributed by atoms with Crippen LogP contribution in [-0.2, 0) is 9.93 Å². The van der Waals surface area contributed by atoms with Crippen molar-refractivity contribution >= 4 is 0 Å². The molecule has 1 N–H and O–H groups in total. The maximum atomic E-state index is 7.89. The van der Waals surface area contributed by atoms with Crippen molar-refractivity contribution in [1.82, 2.24) is 0 Å². The van der Waals surface area contributed by atoms with Gasteiger partial charge in [-0.15, -0.1) is 0 Å². The third kappa shape index (κ3) is 13.9. The average molecular weight is 218 g/mol. The maximum absolute atomic E-state index is 7.89. The van der Waals surface area contributed by atoms with Crippen LogP contribution in [0.1, 0.15) is 65.7 Å². The Morgan fingerprint density at radius 2 is 1.40 bits per heavy atom. The van der Waals surface area contributed by atoms with Crippen LogP contribution in [-0.4, -0.2) is 11.9 Å². The number of hydrogen-bond acceptors (Lipinski definition) is 3.